The summed E-state index contributed by atoms with van der Waals surface area (Å²) in [5.74, 6) is 1.78. The van der Waals surface area contributed by atoms with Gasteiger partial charge in [0.1, 0.15) is 11.5 Å². The maximum atomic E-state index is 5.72. The van der Waals surface area contributed by atoms with Gasteiger partial charge in [-0.15, -0.1) is 0 Å². The van der Waals surface area contributed by atoms with Crippen molar-refractivity contribution in [3.05, 3.63) is 84.4 Å². The predicted molar refractivity (Wildman–Crippen MR) is 133 cm³/mol. The van der Waals surface area contributed by atoms with E-state index < -0.39 is 0 Å². The van der Waals surface area contributed by atoms with Crippen LogP contribution in [0, 0.1) is 0 Å². The highest BCUT2D eigenvalue weighted by Crippen LogP contribution is 2.21. The highest BCUT2D eigenvalue weighted by Gasteiger charge is 1.96. The van der Waals surface area contributed by atoms with Gasteiger partial charge in [-0.05, 0) is 81.2 Å². The first-order chi connectivity index (χ1) is 14.4. The van der Waals surface area contributed by atoms with E-state index in [-0.39, 0.29) is 0 Å². The van der Waals surface area contributed by atoms with Crippen molar-refractivity contribution in [1.82, 2.24) is 4.90 Å². The molecule has 4 heteroatoms. The van der Waals surface area contributed by atoms with Crippen molar-refractivity contribution in [3.63, 3.8) is 0 Å². The van der Waals surface area contributed by atoms with Crippen LogP contribution in [0.15, 0.2) is 78.9 Å². The van der Waals surface area contributed by atoms with Gasteiger partial charge in [-0.1, -0.05) is 58.0 Å². The smallest absolute Gasteiger partial charge is 0.127 e. The van der Waals surface area contributed by atoms with Crippen molar-refractivity contribution in [3.8, 4) is 11.5 Å². The Labute approximate surface area is 183 Å². The number of nitrogens with two attached hydrogens (primary N) is 2. The van der Waals surface area contributed by atoms with E-state index in [1.54, 1.807) is 24.3 Å². The molecule has 0 aliphatic rings. The number of rotatable bonds is 4. The van der Waals surface area contributed by atoms with E-state index >= 15 is 0 Å². The zero-order chi connectivity index (χ0) is 22.8. The topological polar surface area (TPSA) is 64.5 Å². The average Bonchev–Trinajstić information content (AvgIpc) is 2.79. The fourth-order valence-electron chi connectivity index (χ4n) is 1.95. The summed E-state index contributed by atoms with van der Waals surface area (Å²) < 4.78 is 5.72. The van der Waals surface area contributed by atoms with Crippen LogP contribution in [0.5, 0.6) is 11.5 Å². The molecule has 4 N–H and O–H groups in total. The van der Waals surface area contributed by atoms with E-state index in [2.05, 4.69) is 45.0 Å². The Morgan fingerprint density at radius 3 is 1.60 bits per heavy atom. The normalized spacial score (nSPS) is 9.17. The fourth-order valence-corrected chi connectivity index (χ4v) is 1.95. The summed E-state index contributed by atoms with van der Waals surface area (Å²) in [7, 11) is 4.11. The SMILES string of the molecule is CC.CCN(C)C.CCc1cccc(Oc2ccccc2)c1.Nc1ccc(N)cc1. The second kappa shape index (κ2) is 16.9. The number of anilines is 2. The molecule has 0 aliphatic carbocycles. The van der Waals surface area contributed by atoms with E-state index in [0.29, 0.717) is 0 Å². The molecular weight excluding hydrogens is 370 g/mol. The van der Waals surface area contributed by atoms with Crippen LogP contribution >= 0.6 is 0 Å². The first kappa shape index (κ1) is 27.0. The zero-order valence-corrected chi connectivity index (χ0v) is 19.4. The molecular formula is C26H39N3O. The maximum Gasteiger partial charge on any atom is 0.127 e. The Bertz CT molecular complexity index is 751. The van der Waals surface area contributed by atoms with Gasteiger partial charge in [-0.3, -0.25) is 0 Å². The first-order valence-corrected chi connectivity index (χ1v) is 10.5. The van der Waals surface area contributed by atoms with Gasteiger partial charge in [0.25, 0.3) is 0 Å². The molecule has 0 heterocycles. The van der Waals surface area contributed by atoms with Crippen LogP contribution in [0.2, 0.25) is 0 Å². The quantitative estimate of drug-likeness (QED) is 0.484. The van der Waals surface area contributed by atoms with Crippen LogP contribution in [0.1, 0.15) is 33.3 Å². The van der Waals surface area contributed by atoms with Gasteiger partial charge in [0.2, 0.25) is 0 Å². The van der Waals surface area contributed by atoms with Crippen molar-refractivity contribution in [1.29, 1.82) is 0 Å². The van der Waals surface area contributed by atoms with Crippen molar-refractivity contribution in [2.75, 3.05) is 32.1 Å². The number of aryl methyl sites for hydroxylation is 1. The number of ether oxygens (including phenoxy) is 1. The third-order valence-corrected chi connectivity index (χ3v) is 3.85. The van der Waals surface area contributed by atoms with Gasteiger partial charge in [0.05, 0.1) is 0 Å². The van der Waals surface area contributed by atoms with Crippen molar-refractivity contribution in [2.45, 2.75) is 34.1 Å². The molecule has 0 aromatic heterocycles. The predicted octanol–water partition coefficient (Wildman–Crippen LogP) is 6.49. The van der Waals surface area contributed by atoms with Crippen molar-refractivity contribution in [2.24, 2.45) is 0 Å². The number of nitrogens with zero attached hydrogens (tertiary/aromatic N) is 1. The van der Waals surface area contributed by atoms with Gasteiger partial charge < -0.3 is 21.1 Å². The van der Waals surface area contributed by atoms with Gasteiger partial charge in [0, 0.05) is 11.4 Å². The molecule has 4 nitrogen and oxygen atoms in total. The van der Waals surface area contributed by atoms with Gasteiger partial charge in [-0.25, -0.2) is 0 Å². The Kier molecular flexibility index (Phi) is 15.2. The molecule has 164 valence electrons. The van der Waals surface area contributed by atoms with Crippen LogP contribution in [0.4, 0.5) is 11.4 Å². The lowest BCUT2D eigenvalue weighted by molar-refractivity contribution is 0.434. The summed E-state index contributed by atoms with van der Waals surface area (Å²) in [6.45, 7) is 9.40. The summed E-state index contributed by atoms with van der Waals surface area (Å²) >= 11 is 0. The zero-order valence-electron chi connectivity index (χ0n) is 19.4. The number of hydrogen-bond acceptors (Lipinski definition) is 4. The lowest BCUT2D eigenvalue weighted by Crippen LogP contribution is -2.08. The third-order valence-electron chi connectivity index (χ3n) is 3.85. The Morgan fingerprint density at radius 2 is 1.17 bits per heavy atom. The van der Waals surface area contributed by atoms with Gasteiger partial charge in [-0.2, -0.15) is 0 Å². The second-order valence-corrected chi connectivity index (χ2v) is 6.48. The maximum absolute atomic E-state index is 5.72. The molecule has 0 radical (unpaired) electrons. The minimum absolute atomic E-state index is 0.749. The van der Waals surface area contributed by atoms with Crippen LogP contribution in [0.3, 0.4) is 0 Å². The minimum Gasteiger partial charge on any atom is -0.457 e. The summed E-state index contributed by atoms with van der Waals surface area (Å²) in [6, 6.07) is 25.1. The van der Waals surface area contributed by atoms with Gasteiger partial charge in [0.15, 0.2) is 0 Å². The van der Waals surface area contributed by atoms with Gasteiger partial charge >= 0.3 is 0 Å². The van der Waals surface area contributed by atoms with Crippen LogP contribution in [0.25, 0.3) is 0 Å². The first-order valence-electron chi connectivity index (χ1n) is 10.5. The Morgan fingerprint density at radius 1 is 0.700 bits per heavy atom. The van der Waals surface area contributed by atoms with Crippen LogP contribution < -0.4 is 16.2 Å². The molecule has 0 unspecified atom stereocenters. The fraction of sp³-hybridized carbons (Fsp3) is 0.308. The molecule has 3 aromatic carbocycles. The van der Waals surface area contributed by atoms with E-state index in [9.17, 15) is 0 Å². The highest BCUT2D eigenvalue weighted by atomic mass is 16.5. The highest BCUT2D eigenvalue weighted by molar-refractivity contribution is 5.47. The molecule has 0 bridgehead atoms. The largest absolute Gasteiger partial charge is 0.457 e. The molecule has 0 amide bonds. The molecule has 30 heavy (non-hydrogen) atoms. The number of benzene rings is 3. The molecule has 0 aliphatic heterocycles. The van der Waals surface area contributed by atoms with Crippen LogP contribution in [-0.2, 0) is 6.42 Å². The molecule has 3 aromatic rings. The molecule has 0 atom stereocenters. The van der Waals surface area contributed by atoms with E-state index in [0.717, 1.165) is 35.8 Å². The summed E-state index contributed by atoms with van der Waals surface area (Å²) in [6.07, 6.45) is 1.03. The molecule has 0 saturated carbocycles. The van der Waals surface area contributed by atoms with Crippen molar-refractivity contribution >= 4 is 11.4 Å². The van der Waals surface area contributed by atoms with Crippen LogP contribution in [-0.4, -0.2) is 25.5 Å². The molecule has 0 spiro atoms. The second-order valence-electron chi connectivity index (χ2n) is 6.48. The summed E-state index contributed by atoms with van der Waals surface area (Å²) in [5.41, 5.74) is 13.5. The lowest BCUT2D eigenvalue weighted by Gasteiger charge is -2.06. The minimum atomic E-state index is 0.749. The summed E-state index contributed by atoms with van der Waals surface area (Å²) in [5, 5.41) is 0. The molecule has 0 saturated heterocycles. The third kappa shape index (κ3) is 13.2. The van der Waals surface area contributed by atoms with E-state index in [4.69, 9.17) is 16.2 Å². The average molecular weight is 410 g/mol. The van der Waals surface area contributed by atoms with E-state index in [1.807, 2.05) is 56.3 Å². The molecule has 0 fully saturated rings. The standard InChI is InChI=1S/C14H14O.C6H8N2.C4H11N.C2H6/c1-2-12-7-6-10-14(11-12)15-13-8-4-3-5-9-13;7-5-1-2-6(8)4-3-5;1-4-5(2)3;1-2/h3-11H,2H2,1H3;1-4H,7-8H2;4H2,1-3H3;1-2H3. The molecule has 3 rings (SSSR count). The van der Waals surface area contributed by atoms with E-state index in [1.165, 1.54) is 5.56 Å². The number of nitrogen functional groups attached to an aromatic ring is 2. The Balaban J connectivity index is 0.000000472. The monoisotopic (exact) mass is 409 g/mol. The number of hydrogen-bond donors (Lipinski definition) is 2. The number of para-hydroxylation sites is 1. The summed E-state index contributed by atoms with van der Waals surface area (Å²) in [4.78, 5) is 2.12. The van der Waals surface area contributed by atoms with Crippen molar-refractivity contribution < 1.29 is 4.74 Å². The Hall–Kier alpha value is -2.98. The lowest BCUT2D eigenvalue weighted by atomic mass is 10.2.